The summed E-state index contributed by atoms with van der Waals surface area (Å²) in [6.45, 7) is 3.32. The van der Waals surface area contributed by atoms with Gasteiger partial charge in [-0.2, -0.15) is 0 Å². The summed E-state index contributed by atoms with van der Waals surface area (Å²) in [5.74, 6) is -0.850. The highest BCUT2D eigenvalue weighted by Crippen LogP contribution is 2.22. The topological polar surface area (TPSA) is 152 Å². The number of carbonyl (C=O) groups excluding carboxylic acids is 2. The van der Waals surface area contributed by atoms with Crippen LogP contribution in [0.2, 0.25) is 0 Å². The van der Waals surface area contributed by atoms with E-state index < -0.39 is 49.4 Å². The summed E-state index contributed by atoms with van der Waals surface area (Å²) in [6.07, 6.45) is 22.1. The van der Waals surface area contributed by atoms with Crippen molar-refractivity contribution in [1.29, 1.82) is 0 Å². The molecular weight excluding hydrogens is 616 g/mol. The van der Waals surface area contributed by atoms with Crippen molar-refractivity contribution in [3.63, 3.8) is 0 Å². The number of hydrogen-bond acceptors (Lipinski definition) is 10. The number of carbonyl (C=O) groups is 2. The highest BCUT2D eigenvalue weighted by atomic mass is 16.7. The molecular formula is C38H68O10. The maximum absolute atomic E-state index is 12.6. The van der Waals surface area contributed by atoms with Gasteiger partial charge in [0.05, 0.1) is 13.2 Å². The van der Waals surface area contributed by atoms with Gasteiger partial charge in [-0.1, -0.05) is 115 Å². The van der Waals surface area contributed by atoms with Gasteiger partial charge in [0.1, 0.15) is 31.0 Å². The fraction of sp³-hybridized carbons (Fsp3) is 0.842. The molecule has 0 bridgehead atoms. The summed E-state index contributed by atoms with van der Waals surface area (Å²) in [5, 5.41) is 39.8. The summed E-state index contributed by atoms with van der Waals surface area (Å²) in [5.41, 5.74) is 0. The summed E-state index contributed by atoms with van der Waals surface area (Å²) >= 11 is 0. The van der Waals surface area contributed by atoms with Crippen molar-refractivity contribution in [3.05, 3.63) is 24.3 Å². The van der Waals surface area contributed by atoms with Crippen LogP contribution in [0.1, 0.15) is 149 Å². The molecule has 0 aromatic carbocycles. The summed E-state index contributed by atoms with van der Waals surface area (Å²) < 4.78 is 21.9. The van der Waals surface area contributed by atoms with Crippen LogP contribution in [0.5, 0.6) is 0 Å². The second-order valence-electron chi connectivity index (χ2n) is 13.0. The molecule has 10 nitrogen and oxygen atoms in total. The average Bonchev–Trinajstić information content (AvgIpc) is 3.08. The first-order chi connectivity index (χ1) is 23.3. The lowest BCUT2D eigenvalue weighted by atomic mass is 9.99. The monoisotopic (exact) mass is 684 g/mol. The third-order valence-electron chi connectivity index (χ3n) is 8.59. The van der Waals surface area contributed by atoms with Crippen molar-refractivity contribution in [2.24, 2.45) is 0 Å². The standard InChI is InChI=1S/C38H68O10/c1-3-5-7-9-11-13-14-15-16-17-18-19-21-23-25-27-34(41)47-31(29-45-33(40)26-24-22-20-12-10-8-6-4-2)30-46-38-37(44)36(43)35(42)32(28-39)48-38/h15-16,18-19,31-32,35-39,42-44H,3-14,17,20-30H2,1-2H3/b16-15+,19-18+/t31-,32-,35+,36?,37?,38-/m1/s1. The lowest BCUT2D eigenvalue weighted by molar-refractivity contribution is -0.305. The van der Waals surface area contributed by atoms with E-state index >= 15 is 0 Å². The maximum atomic E-state index is 12.6. The molecule has 0 aromatic heterocycles. The van der Waals surface area contributed by atoms with E-state index in [1.54, 1.807) is 0 Å². The maximum Gasteiger partial charge on any atom is 0.306 e. The molecule has 0 aromatic rings. The Morgan fingerprint density at radius 1 is 0.646 bits per heavy atom. The Labute approximate surface area is 290 Å². The first-order valence-electron chi connectivity index (χ1n) is 18.9. The second-order valence-corrected chi connectivity index (χ2v) is 13.0. The molecule has 0 saturated carbocycles. The van der Waals surface area contributed by atoms with E-state index in [9.17, 15) is 30.0 Å². The molecule has 1 heterocycles. The average molecular weight is 685 g/mol. The molecule has 4 N–H and O–H groups in total. The van der Waals surface area contributed by atoms with Gasteiger partial charge >= 0.3 is 11.9 Å². The van der Waals surface area contributed by atoms with Crippen molar-refractivity contribution in [2.75, 3.05) is 19.8 Å². The SMILES string of the molecule is CCCCCCCC/C=C/C/C=C/CCCCC(=O)O[C@H](COC(=O)CCCCCCCCCC)CO[C@@H]1O[C@H](CO)[C@H](O)C(O)C1O. The number of hydrogen-bond donors (Lipinski definition) is 4. The molecule has 0 spiro atoms. The van der Waals surface area contributed by atoms with Gasteiger partial charge in [0.2, 0.25) is 0 Å². The smallest absolute Gasteiger partial charge is 0.306 e. The molecule has 0 radical (unpaired) electrons. The van der Waals surface area contributed by atoms with Gasteiger partial charge in [0.25, 0.3) is 0 Å². The first kappa shape index (κ1) is 44.2. The molecule has 1 fully saturated rings. The molecule has 48 heavy (non-hydrogen) atoms. The highest BCUT2D eigenvalue weighted by molar-refractivity contribution is 5.70. The quantitative estimate of drug-likeness (QED) is 0.0370. The molecule has 1 aliphatic heterocycles. The van der Waals surface area contributed by atoms with Crippen molar-refractivity contribution in [3.8, 4) is 0 Å². The van der Waals surface area contributed by atoms with Crippen LogP contribution in [0.4, 0.5) is 0 Å². The molecule has 10 heteroatoms. The molecule has 280 valence electrons. The van der Waals surface area contributed by atoms with Gasteiger partial charge in [-0.05, 0) is 44.9 Å². The Balaban J connectivity index is 2.43. The Morgan fingerprint density at radius 3 is 1.77 bits per heavy atom. The van der Waals surface area contributed by atoms with Crippen LogP contribution in [-0.2, 0) is 28.5 Å². The number of aliphatic hydroxyl groups excluding tert-OH is 4. The van der Waals surface area contributed by atoms with Gasteiger partial charge < -0.3 is 39.4 Å². The molecule has 0 amide bonds. The Bertz CT molecular complexity index is 845. The zero-order valence-corrected chi connectivity index (χ0v) is 30.0. The minimum absolute atomic E-state index is 0.189. The van der Waals surface area contributed by atoms with E-state index in [0.717, 1.165) is 51.4 Å². The molecule has 1 saturated heterocycles. The summed E-state index contributed by atoms with van der Waals surface area (Å²) in [7, 11) is 0. The van der Waals surface area contributed by atoms with Crippen LogP contribution in [-0.4, -0.2) is 89.0 Å². The van der Waals surface area contributed by atoms with Gasteiger partial charge in [-0.15, -0.1) is 0 Å². The fourth-order valence-electron chi connectivity index (χ4n) is 5.51. The number of unbranched alkanes of at least 4 members (excludes halogenated alkanes) is 15. The van der Waals surface area contributed by atoms with Crippen LogP contribution >= 0.6 is 0 Å². The predicted octanol–water partition coefficient (Wildman–Crippen LogP) is 6.60. The van der Waals surface area contributed by atoms with E-state index in [4.69, 9.17) is 18.9 Å². The van der Waals surface area contributed by atoms with Crippen LogP contribution in [0.3, 0.4) is 0 Å². The van der Waals surface area contributed by atoms with Gasteiger partial charge in [-0.25, -0.2) is 0 Å². The van der Waals surface area contributed by atoms with Crippen molar-refractivity contribution >= 4 is 11.9 Å². The molecule has 1 rings (SSSR count). The molecule has 0 aliphatic carbocycles. The van der Waals surface area contributed by atoms with Crippen LogP contribution in [0.15, 0.2) is 24.3 Å². The van der Waals surface area contributed by atoms with Crippen molar-refractivity contribution in [1.82, 2.24) is 0 Å². The third kappa shape index (κ3) is 22.0. The van der Waals surface area contributed by atoms with Crippen LogP contribution in [0, 0.1) is 0 Å². The van der Waals surface area contributed by atoms with E-state index in [2.05, 4.69) is 38.2 Å². The number of rotatable bonds is 30. The zero-order chi connectivity index (χ0) is 35.2. The highest BCUT2D eigenvalue weighted by Gasteiger charge is 2.44. The minimum atomic E-state index is -1.60. The van der Waals surface area contributed by atoms with Crippen molar-refractivity contribution < 1.29 is 49.0 Å². The van der Waals surface area contributed by atoms with Gasteiger partial charge in [0.15, 0.2) is 12.4 Å². The fourth-order valence-corrected chi connectivity index (χ4v) is 5.51. The molecule has 1 aliphatic rings. The van der Waals surface area contributed by atoms with Crippen LogP contribution in [0.25, 0.3) is 0 Å². The van der Waals surface area contributed by atoms with E-state index in [1.807, 2.05) is 0 Å². The number of aliphatic hydroxyl groups is 4. The third-order valence-corrected chi connectivity index (χ3v) is 8.59. The predicted molar refractivity (Wildman–Crippen MR) is 187 cm³/mol. The summed E-state index contributed by atoms with van der Waals surface area (Å²) in [6, 6.07) is 0. The largest absolute Gasteiger partial charge is 0.462 e. The first-order valence-corrected chi connectivity index (χ1v) is 18.9. The Hall–Kier alpha value is -1.82. The normalized spacial score (nSPS) is 22.0. The number of allylic oxidation sites excluding steroid dienone is 4. The minimum Gasteiger partial charge on any atom is -0.462 e. The van der Waals surface area contributed by atoms with E-state index in [0.29, 0.717) is 6.42 Å². The Kier molecular flexibility index (Phi) is 27.7. The van der Waals surface area contributed by atoms with Gasteiger partial charge in [0, 0.05) is 12.8 Å². The second kappa shape index (κ2) is 30.0. The summed E-state index contributed by atoms with van der Waals surface area (Å²) in [4.78, 5) is 25.0. The molecule has 2 unspecified atom stereocenters. The number of esters is 2. The molecule has 6 atom stereocenters. The Morgan fingerprint density at radius 2 is 1.17 bits per heavy atom. The lowest BCUT2D eigenvalue weighted by Crippen LogP contribution is -2.59. The number of ether oxygens (including phenoxy) is 4. The van der Waals surface area contributed by atoms with Gasteiger partial charge in [-0.3, -0.25) is 9.59 Å². The zero-order valence-electron chi connectivity index (χ0n) is 30.0. The van der Waals surface area contributed by atoms with E-state index in [1.165, 1.54) is 64.2 Å². The lowest BCUT2D eigenvalue weighted by Gasteiger charge is -2.39. The van der Waals surface area contributed by atoms with Crippen molar-refractivity contribution in [2.45, 2.75) is 185 Å². The van der Waals surface area contributed by atoms with Crippen LogP contribution < -0.4 is 0 Å². The van der Waals surface area contributed by atoms with E-state index in [-0.39, 0.29) is 32.0 Å².